The van der Waals surface area contributed by atoms with Crippen LogP contribution < -0.4 is 5.32 Å². The average molecular weight is 732 g/mol. The number of hydrogen-bond acceptors (Lipinski definition) is 10. The van der Waals surface area contributed by atoms with Crippen LogP contribution in [0.3, 0.4) is 0 Å². The van der Waals surface area contributed by atoms with Gasteiger partial charge < -0.3 is 50.5 Å². The van der Waals surface area contributed by atoms with Crippen molar-refractivity contribution in [2.75, 3.05) is 13.2 Å². The quantitative estimate of drug-likeness (QED) is 0.0324. The number of rotatable bonds is 33. The lowest BCUT2D eigenvalue weighted by atomic mass is 9.98. The van der Waals surface area contributed by atoms with Crippen LogP contribution in [0.15, 0.2) is 12.2 Å². The van der Waals surface area contributed by atoms with Crippen molar-refractivity contribution in [1.29, 1.82) is 0 Å². The zero-order valence-electron chi connectivity index (χ0n) is 32.1. The minimum absolute atomic E-state index is 0.247. The first-order valence-corrected chi connectivity index (χ1v) is 20.6. The first kappa shape index (κ1) is 47.9. The number of allylic oxidation sites excluding steroid dienone is 2. The Hall–Kier alpha value is -1.15. The van der Waals surface area contributed by atoms with Crippen LogP contribution in [-0.2, 0) is 14.3 Å². The van der Waals surface area contributed by atoms with Gasteiger partial charge in [0.05, 0.1) is 25.4 Å². The third-order valence-electron chi connectivity index (χ3n) is 10.1. The van der Waals surface area contributed by atoms with Crippen molar-refractivity contribution in [1.82, 2.24) is 5.32 Å². The SMILES string of the molecule is CCCCCCCCC/C=C\CCCCCCC(O)C(=O)NC(COC1OC(CO)C(O)C(O)C1O)C(O)C(O)CCCCCCCCCCC. The Balaban J connectivity index is 2.52. The molecule has 1 heterocycles. The minimum atomic E-state index is -1.66. The van der Waals surface area contributed by atoms with E-state index in [1.807, 2.05) is 0 Å². The molecule has 11 nitrogen and oxygen atoms in total. The second kappa shape index (κ2) is 31.2. The molecule has 0 saturated carbocycles. The maximum absolute atomic E-state index is 13.0. The van der Waals surface area contributed by atoms with Crippen LogP contribution in [0.4, 0.5) is 0 Å². The van der Waals surface area contributed by atoms with E-state index in [2.05, 4.69) is 31.3 Å². The van der Waals surface area contributed by atoms with Gasteiger partial charge in [-0.25, -0.2) is 0 Å². The fraction of sp³-hybridized carbons (Fsp3) is 0.925. The molecule has 1 saturated heterocycles. The average Bonchev–Trinajstić information content (AvgIpc) is 3.13. The van der Waals surface area contributed by atoms with Crippen LogP contribution in [0.25, 0.3) is 0 Å². The van der Waals surface area contributed by atoms with Crippen molar-refractivity contribution in [3.63, 3.8) is 0 Å². The van der Waals surface area contributed by atoms with E-state index in [1.54, 1.807) is 0 Å². The number of aliphatic hydroxyl groups is 7. The summed E-state index contributed by atoms with van der Waals surface area (Å²) in [5.74, 6) is -0.708. The van der Waals surface area contributed by atoms with Crippen LogP contribution >= 0.6 is 0 Å². The molecule has 51 heavy (non-hydrogen) atoms. The van der Waals surface area contributed by atoms with Gasteiger partial charge in [0.1, 0.15) is 36.6 Å². The molecule has 9 atom stereocenters. The number of nitrogens with one attached hydrogen (secondary N) is 1. The molecule has 9 unspecified atom stereocenters. The third-order valence-corrected chi connectivity index (χ3v) is 10.1. The minimum Gasteiger partial charge on any atom is -0.394 e. The number of carbonyl (C=O) groups excluding carboxylic acids is 1. The normalized spacial score (nSPS) is 23.4. The van der Waals surface area contributed by atoms with Gasteiger partial charge in [0.15, 0.2) is 6.29 Å². The van der Waals surface area contributed by atoms with Crippen LogP contribution in [0.2, 0.25) is 0 Å². The molecule has 1 aliphatic rings. The molecule has 1 rings (SSSR count). The van der Waals surface area contributed by atoms with Crippen LogP contribution in [0.5, 0.6) is 0 Å². The van der Waals surface area contributed by atoms with Crippen LogP contribution in [-0.4, -0.2) is 110 Å². The highest BCUT2D eigenvalue weighted by Crippen LogP contribution is 2.23. The predicted molar refractivity (Wildman–Crippen MR) is 201 cm³/mol. The molecule has 8 N–H and O–H groups in total. The molecule has 1 aliphatic heterocycles. The predicted octanol–water partition coefficient (Wildman–Crippen LogP) is 5.33. The van der Waals surface area contributed by atoms with E-state index in [1.165, 1.54) is 77.0 Å². The van der Waals surface area contributed by atoms with Gasteiger partial charge in [-0.1, -0.05) is 142 Å². The highest BCUT2D eigenvalue weighted by Gasteiger charge is 2.44. The maximum atomic E-state index is 13.0. The Morgan fingerprint density at radius 1 is 0.667 bits per heavy atom. The lowest BCUT2D eigenvalue weighted by Crippen LogP contribution is -2.60. The van der Waals surface area contributed by atoms with E-state index in [0.717, 1.165) is 51.4 Å². The number of amides is 1. The lowest BCUT2D eigenvalue weighted by Gasteiger charge is -2.40. The Bertz CT molecular complexity index is 846. The summed E-state index contributed by atoms with van der Waals surface area (Å²) in [5.41, 5.74) is 0. The highest BCUT2D eigenvalue weighted by atomic mass is 16.7. The summed E-state index contributed by atoms with van der Waals surface area (Å²) in [4.78, 5) is 13.0. The van der Waals surface area contributed by atoms with E-state index in [9.17, 15) is 40.5 Å². The van der Waals surface area contributed by atoms with Crippen molar-refractivity contribution >= 4 is 5.91 Å². The third kappa shape index (κ3) is 22.0. The second-order valence-electron chi connectivity index (χ2n) is 14.7. The number of carbonyl (C=O) groups is 1. The van der Waals surface area contributed by atoms with Gasteiger partial charge >= 0.3 is 0 Å². The molecule has 0 aromatic rings. The van der Waals surface area contributed by atoms with Gasteiger partial charge in [0.2, 0.25) is 5.91 Å². The molecule has 0 aromatic heterocycles. The first-order valence-electron chi connectivity index (χ1n) is 20.6. The van der Waals surface area contributed by atoms with E-state index < -0.39 is 74.2 Å². The van der Waals surface area contributed by atoms with Gasteiger partial charge in [-0.15, -0.1) is 0 Å². The first-order chi connectivity index (χ1) is 24.7. The van der Waals surface area contributed by atoms with Gasteiger partial charge in [-0.2, -0.15) is 0 Å². The van der Waals surface area contributed by atoms with Gasteiger partial charge in [0, 0.05) is 0 Å². The molecular formula is C40H77NO10. The van der Waals surface area contributed by atoms with Gasteiger partial charge in [-0.3, -0.25) is 4.79 Å². The summed E-state index contributed by atoms with van der Waals surface area (Å²) >= 11 is 0. The topological polar surface area (TPSA) is 189 Å². The van der Waals surface area contributed by atoms with Crippen molar-refractivity contribution in [3.05, 3.63) is 12.2 Å². The highest BCUT2D eigenvalue weighted by molar-refractivity contribution is 5.80. The number of ether oxygens (including phenoxy) is 2. The Kier molecular flexibility index (Phi) is 29.3. The molecular weight excluding hydrogens is 654 g/mol. The monoisotopic (exact) mass is 732 g/mol. The van der Waals surface area contributed by atoms with Crippen molar-refractivity contribution in [2.45, 2.75) is 223 Å². The molecule has 0 spiro atoms. The summed E-state index contributed by atoms with van der Waals surface area (Å²) in [6, 6.07) is -1.17. The van der Waals surface area contributed by atoms with Crippen molar-refractivity contribution in [3.8, 4) is 0 Å². The van der Waals surface area contributed by atoms with Gasteiger partial charge in [-0.05, 0) is 38.5 Å². The number of hydrogen-bond donors (Lipinski definition) is 8. The largest absolute Gasteiger partial charge is 0.394 e. The van der Waals surface area contributed by atoms with Crippen LogP contribution in [0.1, 0.15) is 168 Å². The molecule has 302 valence electrons. The zero-order valence-corrected chi connectivity index (χ0v) is 32.1. The Morgan fingerprint density at radius 3 is 1.65 bits per heavy atom. The maximum Gasteiger partial charge on any atom is 0.249 e. The standard InChI is InChI=1S/C40H77NO10/c1-3-5-7-9-11-13-14-15-16-17-18-20-22-24-26-28-33(44)39(49)41-31(30-50-40-38(48)37(47)36(46)34(29-42)51-40)35(45)32(43)27-25-23-21-19-12-10-8-6-4-2/h16-17,31-38,40,42-48H,3-15,18-30H2,1-2H3,(H,41,49)/b17-16-. The summed E-state index contributed by atoms with van der Waals surface area (Å²) < 4.78 is 11.0. The van der Waals surface area contributed by atoms with E-state index in [0.29, 0.717) is 19.3 Å². The van der Waals surface area contributed by atoms with E-state index in [-0.39, 0.29) is 6.42 Å². The molecule has 1 fully saturated rings. The van der Waals surface area contributed by atoms with E-state index >= 15 is 0 Å². The summed E-state index contributed by atoms with van der Waals surface area (Å²) in [7, 11) is 0. The smallest absolute Gasteiger partial charge is 0.249 e. The fourth-order valence-electron chi connectivity index (χ4n) is 6.55. The molecule has 0 aromatic carbocycles. The number of aliphatic hydroxyl groups excluding tert-OH is 7. The van der Waals surface area contributed by atoms with Crippen molar-refractivity contribution in [2.24, 2.45) is 0 Å². The second-order valence-corrected chi connectivity index (χ2v) is 14.7. The molecule has 0 radical (unpaired) electrons. The van der Waals surface area contributed by atoms with Gasteiger partial charge in [0.25, 0.3) is 0 Å². The molecule has 0 bridgehead atoms. The fourth-order valence-corrected chi connectivity index (χ4v) is 6.55. The van der Waals surface area contributed by atoms with Crippen LogP contribution in [0, 0.1) is 0 Å². The lowest BCUT2D eigenvalue weighted by molar-refractivity contribution is -0.303. The molecule has 11 heteroatoms. The number of unbranched alkanes of at least 4 members (excludes halogenated alkanes) is 19. The summed E-state index contributed by atoms with van der Waals surface area (Å²) in [6.07, 6.45) is 18.5. The summed E-state index contributed by atoms with van der Waals surface area (Å²) in [6.45, 7) is 3.37. The zero-order chi connectivity index (χ0) is 37.7. The summed E-state index contributed by atoms with van der Waals surface area (Å²) in [5, 5.41) is 75.2. The molecule has 0 aliphatic carbocycles. The van der Waals surface area contributed by atoms with Crippen molar-refractivity contribution < 1.29 is 50.0 Å². The Morgan fingerprint density at radius 2 is 1.14 bits per heavy atom. The molecule has 1 amide bonds. The Labute approximate surface area is 309 Å². The van der Waals surface area contributed by atoms with E-state index in [4.69, 9.17) is 9.47 Å².